The Morgan fingerprint density at radius 1 is 1.06 bits per heavy atom. The molecule has 5 rings (SSSR count). The van der Waals surface area contributed by atoms with Crippen LogP contribution < -0.4 is 0 Å². The Morgan fingerprint density at radius 2 is 1.80 bits per heavy atom. The van der Waals surface area contributed by atoms with Gasteiger partial charge in [0.05, 0.1) is 18.8 Å². The third kappa shape index (κ3) is 5.03. The van der Waals surface area contributed by atoms with Gasteiger partial charge in [0.1, 0.15) is 11.4 Å². The highest BCUT2D eigenvalue weighted by atomic mass is 35.5. The van der Waals surface area contributed by atoms with E-state index < -0.39 is 17.6 Å². The van der Waals surface area contributed by atoms with Gasteiger partial charge in [0.15, 0.2) is 5.82 Å². The van der Waals surface area contributed by atoms with Crippen molar-refractivity contribution in [2.75, 3.05) is 0 Å². The van der Waals surface area contributed by atoms with Gasteiger partial charge in [-0.3, -0.25) is 9.47 Å². The van der Waals surface area contributed by atoms with Gasteiger partial charge in [0, 0.05) is 22.6 Å². The zero-order valence-corrected chi connectivity index (χ0v) is 20.9. The van der Waals surface area contributed by atoms with Crippen LogP contribution in [0.15, 0.2) is 36.4 Å². The van der Waals surface area contributed by atoms with Gasteiger partial charge in [-0.1, -0.05) is 17.7 Å². The van der Waals surface area contributed by atoms with Gasteiger partial charge in [0.2, 0.25) is 5.95 Å². The molecule has 7 nitrogen and oxygen atoms in total. The van der Waals surface area contributed by atoms with Crippen LogP contribution in [0.25, 0.3) is 5.69 Å². The molecule has 0 unspecified atom stereocenters. The van der Waals surface area contributed by atoms with Gasteiger partial charge in [-0.15, -0.1) is 10.2 Å². The second-order valence-electron chi connectivity index (χ2n) is 10.4. The molecular formula is C26H29ClFN5O2. The Labute approximate surface area is 209 Å². The van der Waals surface area contributed by atoms with Gasteiger partial charge >= 0.3 is 6.09 Å². The maximum Gasteiger partial charge on any atom is 0.411 e. The highest BCUT2D eigenvalue weighted by Crippen LogP contribution is 2.41. The van der Waals surface area contributed by atoms with E-state index in [2.05, 4.69) is 19.7 Å². The summed E-state index contributed by atoms with van der Waals surface area (Å²) >= 11 is 6.33. The van der Waals surface area contributed by atoms with Crippen LogP contribution in [-0.4, -0.2) is 36.3 Å². The molecule has 35 heavy (non-hydrogen) atoms. The number of aromatic nitrogens is 4. The first-order valence-corrected chi connectivity index (χ1v) is 12.4. The number of hydrogen-bond acceptors (Lipinski definition) is 5. The molecule has 2 aromatic heterocycles. The van der Waals surface area contributed by atoms with E-state index in [9.17, 15) is 9.18 Å². The van der Waals surface area contributed by atoms with E-state index in [4.69, 9.17) is 16.3 Å². The lowest BCUT2D eigenvalue weighted by Crippen LogP contribution is -2.35. The van der Waals surface area contributed by atoms with E-state index in [1.165, 1.54) is 6.07 Å². The number of nitrogens with zero attached hydrogens (tertiary/aromatic N) is 5. The lowest BCUT2D eigenvalue weighted by molar-refractivity contribution is 0.0214. The normalized spacial score (nSPS) is 20.1. The molecule has 1 aliphatic heterocycles. The fourth-order valence-electron chi connectivity index (χ4n) is 5.05. The average Bonchev–Trinajstić information content (AvgIpc) is 3.13. The molecule has 184 valence electrons. The summed E-state index contributed by atoms with van der Waals surface area (Å²) in [4.78, 5) is 18.7. The average molecular weight is 498 g/mol. The summed E-state index contributed by atoms with van der Waals surface area (Å²) in [6.07, 6.45) is 3.21. The van der Waals surface area contributed by atoms with Gasteiger partial charge in [-0.25, -0.2) is 9.78 Å². The molecule has 3 aromatic rings. The molecule has 0 bridgehead atoms. The van der Waals surface area contributed by atoms with Crippen LogP contribution in [0.2, 0.25) is 5.02 Å². The minimum atomic E-state index is -0.603. The first kappa shape index (κ1) is 23.7. The van der Waals surface area contributed by atoms with Gasteiger partial charge in [0.25, 0.3) is 0 Å². The molecule has 0 spiro atoms. The van der Waals surface area contributed by atoms with Crippen LogP contribution in [0, 0.1) is 5.95 Å². The zero-order valence-electron chi connectivity index (χ0n) is 20.2. The molecule has 9 heteroatoms. The largest absolute Gasteiger partial charge is 0.444 e. The lowest BCUT2D eigenvalue weighted by atomic mass is 9.80. The minimum Gasteiger partial charge on any atom is -0.444 e. The highest BCUT2D eigenvalue weighted by molar-refractivity contribution is 6.30. The molecular weight excluding hydrogens is 469 g/mol. The van der Waals surface area contributed by atoms with Crippen LogP contribution >= 0.6 is 11.6 Å². The number of benzene rings is 1. The minimum absolute atomic E-state index is 0.206. The number of halogens is 2. The van der Waals surface area contributed by atoms with Crippen molar-refractivity contribution in [3.63, 3.8) is 0 Å². The summed E-state index contributed by atoms with van der Waals surface area (Å²) in [6.45, 7) is 6.21. The van der Waals surface area contributed by atoms with Crippen LogP contribution in [0.3, 0.4) is 0 Å². The summed E-state index contributed by atoms with van der Waals surface area (Å²) in [5.74, 6) is 1.60. The van der Waals surface area contributed by atoms with E-state index in [0.717, 1.165) is 48.5 Å². The Morgan fingerprint density at radius 3 is 2.51 bits per heavy atom. The number of rotatable bonds is 2. The molecule has 1 aromatic carbocycles. The summed E-state index contributed by atoms with van der Waals surface area (Å²) in [5, 5.41) is 9.70. The SMILES string of the molecule is CC(C)(C)OC(=O)N1Cc2cc(Cl)ccc2-n2c(nnc2[C@H]2CC[C@H](c3cccc(F)n3)CC2)C1. The Balaban J connectivity index is 1.44. The van der Waals surface area contributed by atoms with Crippen molar-refractivity contribution in [2.24, 2.45) is 0 Å². The highest BCUT2D eigenvalue weighted by Gasteiger charge is 2.33. The fourth-order valence-corrected chi connectivity index (χ4v) is 5.24. The lowest BCUT2D eigenvalue weighted by Gasteiger charge is -2.28. The number of carbonyl (C=O) groups is 1. The Bertz CT molecular complexity index is 1250. The predicted octanol–water partition coefficient (Wildman–Crippen LogP) is 6.15. The molecule has 1 aliphatic carbocycles. The topological polar surface area (TPSA) is 73.1 Å². The summed E-state index contributed by atoms with van der Waals surface area (Å²) in [5.41, 5.74) is 2.07. The molecule has 0 saturated heterocycles. The molecule has 1 fully saturated rings. The van der Waals surface area contributed by atoms with Crippen LogP contribution in [-0.2, 0) is 17.8 Å². The van der Waals surface area contributed by atoms with Gasteiger partial charge in [-0.05, 0) is 82.3 Å². The number of pyridine rings is 1. The van der Waals surface area contributed by atoms with Crippen molar-refractivity contribution in [3.05, 3.63) is 70.3 Å². The third-order valence-corrected chi connectivity index (χ3v) is 6.87. The molecule has 1 amide bonds. The van der Waals surface area contributed by atoms with Crippen molar-refractivity contribution in [1.29, 1.82) is 0 Å². The van der Waals surface area contributed by atoms with E-state index >= 15 is 0 Å². The fraction of sp³-hybridized carbons (Fsp3) is 0.462. The molecule has 0 radical (unpaired) electrons. The molecule has 0 N–H and O–H groups in total. The van der Waals surface area contributed by atoms with E-state index in [1.54, 1.807) is 11.0 Å². The first-order valence-electron chi connectivity index (χ1n) is 12.0. The van der Waals surface area contributed by atoms with Crippen LogP contribution in [0.1, 0.15) is 81.2 Å². The molecule has 1 saturated carbocycles. The number of fused-ring (bicyclic) bond motifs is 3. The van der Waals surface area contributed by atoms with E-state index in [1.807, 2.05) is 45.0 Å². The zero-order chi connectivity index (χ0) is 24.7. The Hall–Kier alpha value is -3.00. The van der Waals surface area contributed by atoms with E-state index in [0.29, 0.717) is 17.4 Å². The van der Waals surface area contributed by atoms with Gasteiger partial charge < -0.3 is 4.74 Å². The van der Waals surface area contributed by atoms with Crippen molar-refractivity contribution >= 4 is 17.7 Å². The number of hydrogen-bond donors (Lipinski definition) is 0. The number of ether oxygens (including phenoxy) is 1. The quantitative estimate of drug-likeness (QED) is 0.397. The second-order valence-corrected chi connectivity index (χ2v) is 10.8. The molecule has 2 aliphatic rings. The maximum atomic E-state index is 13.6. The van der Waals surface area contributed by atoms with Gasteiger partial charge in [-0.2, -0.15) is 4.39 Å². The third-order valence-electron chi connectivity index (χ3n) is 6.63. The van der Waals surface area contributed by atoms with Crippen molar-refractivity contribution in [1.82, 2.24) is 24.6 Å². The molecule has 0 atom stereocenters. The summed E-state index contributed by atoms with van der Waals surface area (Å²) in [7, 11) is 0. The number of amides is 1. The summed E-state index contributed by atoms with van der Waals surface area (Å²) in [6, 6.07) is 10.7. The van der Waals surface area contributed by atoms with Crippen molar-refractivity contribution < 1.29 is 13.9 Å². The van der Waals surface area contributed by atoms with Crippen LogP contribution in [0.5, 0.6) is 0 Å². The second kappa shape index (κ2) is 9.22. The van der Waals surface area contributed by atoms with Crippen molar-refractivity contribution in [3.8, 4) is 5.69 Å². The van der Waals surface area contributed by atoms with Crippen LogP contribution in [0.4, 0.5) is 9.18 Å². The standard InChI is InChI=1S/C26H29ClFN5O2/c1-26(2,3)35-25(34)32-14-18-13-19(27)11-12-21(18)33-23(15-32)30-31-24(33)17-9-7-16(8-10-17)20-5-4-6-22(28)29-20/h4-6,11-13,16-17H,7-10,14-15H2,1-3H3/t16-,17-. The maximum absolute atomic E-state index is 13.6. The Kier molecular flexibility index (Phi) is 6.25. The smallest absolute Gasteiger partial charge is 0.411 e. The predicted molar refractivity (Wildman–Crippen MR) is 130 cm³/mol. The summed E-state index contributed by atoms with van der Waals surface area (Å²) < 4.78 is 21.3. The van der Waals surface area contributed by atoms with E-state index in [-0.39, 0.29) is 18.4 Å². The monoisotopic (exact) mass is 497 g/mol. The number of carbonyl (C=O) groups excluding carboxylic acids is 1. The molecule has 3 heterocycles. The van der Waals surface area contributed by atoms with Crippen molar-refractivity contribution in [2.45, 2.75) is 77.0 Å². The first-order chi connectivity index (χ1) is 16.7.